The standard InChI is InChI=1S/C10H13NO3/c1-6-8(5-9(12)13-2)10(14-11-6)7-3-4-7/h7H,3-5H2,1-2H3. The van der Waals surface area contributed by atoms with Gasteiger partial charge in [0, 0.05) is 11.5 Å². The lowest BCUT2D eigenvalue weighted by Gasteiger charge is -1.99. The number of carbonyl (C=O) groups is 1. The van der Waals surface area contributed by atoms with Crippen molar-refractivity contribution in [2.45, 2.75) is 32.1 Å². The highest BCUT2D eigenvalue weighted by Gasteiger charge is 2.32. The Hall–Kier alpha value is -1.32. The minimum absolute atomic E-state index is 0.238. The molecule has 76 valence electrons. The van der Waals surface area contributed by atoms with Crippen molar-refractivity contribution >= 4 is 5.97 Å². The third kappa shape index (κ3) is 1.64. The van der Waals surface area contributed by atoms with Gasteiger partial charge >= 0.3 is 5.97 Å². The minimum atomic E-state index is -0.238. The highest BCUT2D eigenvalue weighted by atomic mass is 16.5. The molecule has 1 aliphatic rings. The highest BCUT2D eigenvalue weighted by molar-refractivity contribution is 5.73. The number of aromatic nitrogens is 1. The third-order valence-corrected chi connectivity index (χ3v) is 2.51. The summed E-state index contributed by atoms with van der Waals surface area (Å²) in [6.45, 7) is 1.85. The SMILES string of the molecule is COC(=O)Cc1c(C)noc1C1CC1. The molecule has 1 aromatic heterocycles. The van der Waals surface area contributed by atoms with Crippen molar-refractivity contribution in [2.24, 2.45) is 0 Å². The summed E-state index contributed by atoms with van der Waals surface area (Å²) in [5.74, 6) is 1.13. The van der Waals surface area contributed by atoms with Crippen molar-refractivity contribution < 1.29 is 14.1 Å². The van der Waals surface area contributed by atoms with Gasteiger partial charge in [-0.25, -0.2) is 0 Å². The van der Waals surface area contributed by atoms with Crippen molar-refractivity contribution in [3.63, 3.8) is 0 Å². The number of methoxy groups -OCH3 is 1. The van der Waals surface area contributed by atoms with Gasteiger partial charge < -0.3 is 9.26 Å². The van der Waals surface area contributed by atoms with Gasteiger partial charge in [0.25, 0.3) is 0 Å². The Morgan fingerprint density at radius 1 is 1.64 bits per heavy atom. The second kappa shape index (κ2) is 3.44. The minimum Gasteiger partial charge on any atom is -0.469 e. The number of hydrogen-bond acceptors (Lipinski definition) is 4. The van der Waals surface area contributed by atoms with E-state index >= 15 is 0 Å². The summed E-state index contributed by atoms with van der Waals surface area (Å²) in [5, 5.41) is 3.88. The molecule has 14 heavy (non-hydrogen) atoms. The number of nitrogens with zero attached hydrogens (tertiary/aromatic N) is 1. The van der Waals surface area contributed by atoms with Crippen molar-refractivity contribution in [2.75, 3.05) is 7.11 Å². The Bertz CT molecular complexity index is 352. The molecule has 0 atom stereocenters. The number of ether oxygens (including phenoxy) is 1. The molecule has 1 saturated carbocycles. The molecular formula is C10H13NO3. The van der Waals surface area contributed by atoms with Gasteiger partial charge in [-0.15, -0.1) is 0 Å². The number of esters is 1. The zero-order chi connectivity index (χ0) is 10.1. The smallest absolute Gasteiger partial charge is 0.310 e. The Kier molecular flexibility index (Phi) is 2.27. The van der Waals surface area contributed by atoms with Gasteiger partial charge in [-0.05, 0) is 19.8 Å². The van der Waals surface area contributed by atoms with Crippen LogP contribution in [0.3, 0.4) is 0 Å². The molecule has 1 heterocycles. The average molecular weight is 195 g/mol. The topological polar surface area (TPSA) is 52.3 Å². The molecule has 1 aliphatic carbocycles. The molecule has 0 bridgehead atoms. The van der Waals surface area contributed by atoms with E-state index in [1.807, 2.05) is 6.92 Å². The number of carbonyl (C=O) groups excluding carboxylic acids is 1. The zero-order valence-corrected chi connectivity index (χ0v) is 8.37. The summed E-state index contributed by atoms with van der Waals surface area (Å²) in [5.41, 5.74) is 1.72. The van der Waals surface area contributed by atoms with Crippen LogP contribution in [-0.4, -0.2) is 18.2 Å². The summed E-state index contributed by atoms with van der Waals surface area (Å²) < 4.78 is 9.83. The van der Waals surface area contributed by atoms with E-state index in [-0.39, 0.29) is 12.4 Å². The van der Waals surface area contributed by atoms with Gasteiger partial charge in [0.15, 0.2) is 0 Å². The van der Waals surface area contributed by atoms with Crippen molar-refractivity contribution in [3.05, 3.63) is 17.0 Å². The van der Waals surface area contributed by atoms with E-state index in [0.717, 1.165) is 29.9 Å². The lowest BCUT2D eigenvalue weighted by atomic mass is 10.1. The lowest BCUT2D eigenvalue weighted by molar-refractivity contribution is -0.139. The molecule has 0 spiro atoms. The molecule has 0 saturated heterocycles. The second-order valence-electron chi connectivity index (χ2n) is 3.64. The van der Waals surface area contributed by atoms with Gasteiger partial charge in [0.1, 0.15) is 5.76 Å². The van der Waals surface area contributed by atoms with Gasteiger partial charge in [-0.2, -0.15) is 0 Å². The Labute approximate surface area is 82.2 Å². The van der Waals surface area contributed by atoms with E-state index in [2.05, 4.69) is 9.89 Å². The third-order valence-electron chi connectivity index (χ3n) is 2.51. The fourth-order valence-corrected chi connectivity index (χ4v) is 1.50. The largest absolute Gasteiger partial charge is 0.469 e. The van der Waals surface area contributed by atoms with Crippen LogP contribution in [0.4, 0.5) is 0 Å². The van der Waals surface area contributed by atoms with Crippen LogP contribution in [0.5, 0.6) is 0 Å². The predicted octanol–water partition coefficient (Wildman–Crippen LogP) is 1.58. The molecule has 2 rings (SSSR count). The number of hydrogen-bond donors (Lipinski definition) is 0. The highest BCUT2D eigenvalue weighted by Crippen LogP contribution is 2.42. The maximum atomic E-state index is 11.1. The second-order valence-corrected chi connectivity index (χ2v) is 3.64. The van der Waals surface area contributed by atoms with Gasteiger partial charge in [-0.1, -0.05) is 5.16 Å². The van der Waals surface area contributed by atoms with E-state index in [9.17, 15) is 4.79 Å². The molecule has 0 aromatic carbocycles. The summed E-state index contributed by atoms with van der Waals surface area (Å²) >= 11 is 0. The van der Waals surface area contributed by atoms with E-state index in [1.165, 1.54) is 7.11 Å². The van der Waals surface area contributed by atoms with Crippen molar-refractivity contribution in [1.82, 2.24) is 5.16 Å². The maximum Gasteiger partial charge on any atom is 0.310 e. The first-order chi connectivity index (χ1) is 6.72. The molecule has 0 radical (unpaired) electrons. The Morgan fingerprint density at radius 3 is 2.93 bits per heavy atom. The molecule has 4 nitrogen and oxygen atoms in total. The quantitative estimate of drug-likeness (QED) is 0.687. The fourth-order valence-electron chi connectivity index (χ4n) is 1.50. The first kappa shape index (κ1) is 9.24. The van der Waals surface area contributed by atoms with Crippen LogP contribution in [0.1, 0.15) is 35.8 Å². The summed E-state index contributed by atoms with van der Waals surface area (Å²) in [6.07, 6.45) is 2.56. The van der Waals surface area contributed by atoms with Crippen LogP contribution in [0.25, 0.3) is 0 Å². The molecule has 0 unspecified atom stereocenters. The van der Waals surface area contributed by atoms with E-state index < -0.39 is 0 Å². The molecule has 4 heteroatoms. The normalized spacial score (nSPS) is 15.6. The average Bonchev–Trinajstić information content (AvgIpc) is 2.95. The lowest BCUT2D eigenvalue weighted by Crippen LogP contribution is -2.06. The number of aryl methyl sites for hydroxylation is 1. The number of rotatable bonds is 3. The first-order valence-electron chi connectivity index (χ1n) is 4.74. The maximum absolute atomic E-state index is 11.1. The van der Waals surface area contributed by atoms with Crippen LogP contribution < -0.4 is 0 Å². The Morgan fingerprint density at radius 2 is 2.36 bits per heavy atom. The molecule has 0 aliphatic heterocycles. The van der Waals surface area contributed by atoms with Gasteiger partial charge in [0.05, 0.1) is 19.2 Å². The van der Waals surface area contributed by atoms with Crippen molar-refractivity contribution in [1.29, 1.82) is 0 Å². The summed E-state index contributed by atoms with van der Waals surface area (Å²) in [4.78, 5) is 11.1. The molecular weight excluding hydrogens is 182 g/mol. The summed E-state index contributed by atoms with van der Waals surface area (Å²) in [6, 6.07) is 0. The Balaban J connectivity index is 2.21. The van der Waals surface area contributed by atoms with Crippen LogP contribution in [0.2, 0.25) is 0 Å². The zero-order valence-electron chi connectivity index (χ0n) is 8.37. The van der Waals surface area contributed by atoms with E-state index in [1.54, 1.807) is 0 Å². The summed E-state index contributed by atoms with van der Waals surface area (Å²) in [7, 11) is 1.39. The van der Waals surface area contributed by atoms with E-state index in [4.69, 9.17) is 4.52 Å². The van der Waals surface area contributed by atoms with Crippen LogP contribution in [0.15, 0.2) is 4.52 Å². The van der Waals surface area contributed by atoms with Crippen LogP contribution >= 0.6 is 0 Å². The van der Waals surface area contributed by atoms with Gasteiger partial charge in [-0.3, -0.25) is 4.79 Å². The fraction of sp³-hybridized carbons (Fsp3) is 0.600. The predicted molar refractivity (Wildman–Crippen MR) is 48.9 cm³/mol. The molecule has 0 N–H and O–H groups in total. The van der Waals surface area contributed by atoms with Crippen LogP contribution in [0, 0.1) is 6.92 Å². The van der Waals surface area contributed by atoms with Crippen molar-refractivity contribution in [3.8, 4) is 0 Å². The first-order valence-corrected chi connectivity index (χ1v) is 4.74. The molecule has 1 fully saturated rings. The molecule has 0 amide bonds. The monoisotopic (exact) mass is 195 g/mol. The molecule has 1 aromatic rings. The van der Waals surface area contributed by atoms with Gasteiger partial charge in [0.2, 0.25) is 0 Å². The van der Waals surface area contributed by atoms with E-state index in [0.29, 0.717) is 5.92 Å². The van der Waals surface area contributed by atoms with Crippen LogP contribution in [-0.2, 0) is 16.0 Å².